The number of amides is 1. The lowest BCUT2D eigenvalue weighted by Crippen LogP contribution is -2.45. The maximum atomic E-state index is 13.5. The van der Waals surface area contributed by atoms with Gasteiger partial charge in [0.1, 0.15) is 16.3 Å². The molecule has 2 aromatic heterocycles. The number of carbonyl (C=O) groups excluding carboxylic acids is 2. The Kier molecular flexibility index (Phi) is 7.62. The Hall–Kier alpha value is -2.31. The summed E-state index contributed by atoms with van der Waals surface area (Å²) in [5.41, 5.74) is -0.546. The first-order chi connectivity index (χ1) is 16.6. The summed E-state index contributed by atoms with van der Waals surface area (Å²) >= 11 is 1.17. The Morgan fingerprint density at radius 2 is 1.91 bits per heavy atom. The molecule has 192 valence electrons. The smallest absolute Gasteiger partial charge is 0.310 e. The maximum Gasteiger partial charge on any atom is 0.310 e. The average Bonchev–Trinajstić information content (AvgIpc) is 3.19. The van der Waals surface area contributed by atoms with Crippen molar-refractivity contribution < 1.29 is 22.7 Å². The van der Waals surface area contributed by atoms with E-state index < -0.39 is 15.6 Å². The number of hydrogen-bond donors (Lipinski definition) is 0. The van der Waals surface area contributed by atoms with E-state index in [2.05, 4.69) is 11.9 Å². The molecule has 2 aromatic rings. The van der Waals surface area contributed by atoms with Gasteiger partial charge in [0.05, 0.1) is 24.2 Å². The third-order valence-electron chi connectivity index (χ3n) is 6.84. The molecule has 0 N–H and O–H groups in total. The Balaban J connectivity index is 1.61. The maximum absolute atomic E-state index is 13.5. The monoisotopic (exact) mass is 524 g/mol. The van der Waals surface area contributed by atoms with Gasteiger partial charge in [-0.25, -0.2) is 13.4 Å². The highest BCUT2D eigenvalue weighted by atomic mass is 32.2. The molecule has 0 radical (unpaired) electrons. The first kappa shape index (κ1) is 25.8. The number of likely N-dealkylation sites (tertiary alicyclic amines) is 1. The molecule has 0 saturated carbocycles. The van der Waals surface area contributed by atoms with Crippen LogP contribution in [0.25, 0.3) is 10.2 Å². The van der Waals surface area contributed by atoms with E-state index in [0.717, 1.165) is 12.8 Å². The van der Waals surface area contributed by atoms with Crippen LogP contribution in [0.4, 0.5) is 0 Å². The van der Waals surface area contributed by atoms with E-state index in [0.29, 0.717) is 48.1 Å². The number of ether oxygens (including phenoxy) is 1. The molecule has 2 aliphatic rings. The number of aromatic nitrogens is 2. The number of esters is 1. The van der Waals surface area contributed by atoms with Gasteiger partial charge in [0, 0.05) is 31.1 Å². The lowest BCUT2D eigenvalue weighted by molar-refractivity contribution is -0.151. The molecule has 4 heterocycles. The molecule has 1 atom stereocenters. The molecule has 2 saturated heterocycles. The Labute approximate surface area is 208 Å². The van der Waals surface area contributed by atoms with Crippen molar-refractivity contribution in [1.82, 2.24) is 18.8 Å². The molecular formula is C23H32N4O6S2. The van der Waals surface area contributed by atoms with E-state index in [1.165, 1.54) is 26.5 Å². The highest BCUT2D eigenvalue weighted by Crippen LogP contribution is 2.34. The van der Waals surface area contributed by atoms with Gasteiger partial charge in [0.25, 0.3) is 5.56 Å². The van der Waals surface area contributed by atoms with Gasteiger partial charge in [0.2, 0.25) is 15.9 Å². The Morgan fingerprint density at radius 1 is 1.20 bits per heavy atom. The van der Waals surface area contributed by atoms with Crippen molar-refractivity contribution >= 4 is 43.5 Å². The fourth-order valence-corrected chi connectivity index (χ4v) is 7.93. The van der Waals surface area contributed by atoms with E-state index in [1.807, 2.05) is 0 Å². The van der Waals surface area contributed by atoms with Crippen LogP contribution in [0.2, 0.25) is 0 Å². The number of rotatable bonds is 6. The van der Waals surface area contributed by atoms with Crippen LogP contribution in [-0.2, 0) is 30.9 Å². The zero-order valence-electron chi connectivity index (χ0n) is 20.4. The summed E-state index contributed by atoms with van der Waals surface area (Å²) in [6.07, 6.45) is 4.17. The minimum absolute atomic E-state index is 0.00620. The number of fused-ring (bicyclic) bond motifs is 1. The Bertz CT molecular complexity index is 1280. The molecule has 4 rings (SSSR count). The quantitative estimate of drug-likeness (QED) is 0.530. The zero-order chi connectivity index (χ0) is 25.3. The SMILES string of the molecule is CCOC(=O)[C@@H]1CCCN(C(=O)Cn2cnc3sc(C)c(S(=O)(=O)N4CCC(C)CC4)c3c2=O)C1. The van der Waals surface area contributed by atoms with Gasteiger partial charge in [-0.2, -0.15) is 4.31 Å². The van der Waals surface area contributed by atoms with Crippen molar-refractivity contribution in [2.75, 3.05) is 32.8 Å². The highest BCUT2D eigenvalue weighted by Gasteiger charge is 2.34. The highest BCUT2D eigenvalue weighted by molar-refractivity contribution is 7.89. The predicted octanol–water partition coefficient (Wildman–Crippen LogP) is 1.99. The van der Waals surface area contributed by atoms with Crippen molar-refractivity contribution in [3.05, 3.63) is 21.6 Å². The number of piperidine rings is 2. The number of aryl methyl sites for hydroxylation is 1. The molecule has 0 bridgehead atoms. The van der Waals surface area contributed by atoms with Gasteiger partial charge in [-0.3, -0.25) is 19.0 Å². The summed E-state index contributed by atoms with van der Waals surface area (Å²) < 4.78 is 34.7. The molecule has 0 aromatic carbocycles. The number of sulfonamides is 1. The zero-order valence-corrected chi connectivity index (χ0v) is 22.0. The number of nitrogens with zero attached hydrogens (tertiary/aromatic N) is 4. The number of hydrogen-bond acceptors (Lipinski definition) is 8. The van der Waals surface area contributed by atoms with Crippen molar-refractivity contribution in [3.63, 3.8) is 0 Å². The Morgan fingerprint density at radius 3 is 2.60 bits per heavy atom. The van der Waals surface area contributed by atoms with Crippen LogP contribution >= 0.6 is 11.3 Å². The summed E-state index contributed by atoms with van der Waals surface area (Å²) in [6, 6.07) is 0. The van der Waals surface area contributed by atoms with Crippen LogP contribution in [0.5, 0.6) is 0 Å². The summed E-state index contributed by atoms with van der Waals surface area (Å²) in [5, 5.41) is 0.0458. The predicted molar refractivity (Wildman–Crippen MR) is 132 cm³/mol. The topological polar surface area (TPSA) is 119 Å². The first-order valence-corrected chi connectivity index (χ1v) is 14.3. The van der Waals surface area contributed by atoms with Crippen molar-refractivity contribution in [2.45, 2.75) is 57.9 Å². The van der Waals surface area contributed by atoms with E-state index in [-0.39, 0.29) is 47.8 Å². The average molecular weight is 525 g/mol. The summed E-state index contributed by atoms with van der Waals surface area (Å²) in [4.78, 5) is 45.3. The summed E-state index contributed by atoms with van der Waals surface area (Å²) in [5.74, 6) is -0.553. The molecule has 12 heteroatoms. The standard InChI is InChI=1S/C23H32N4O6S2/c1-4-33-23(30)17-6-5-9-25(12-17)18(28)13-26-14-24-21-19(22(26)29)20(16(3)34-21)35(31,32)27-10-7-15(2)8-11-27/h14-15,17H,4-13H2,1-3H3/t17-/m1/s1. The second-order valence-electron chi connectivity index (χ2n) is 9.36. The van der Waals surface area contributed by atoms with Gasteiger partial charge < -0.3 is 9.64 Å². The second kappa shape index (κ2) is 10.4. The normalized spacial score (nSPS) is 20.3. The fourth-order valence-electron chi connectivity index (χ4n) is 4.79. The first-order valence-electron chi connectivity index (χ1n) is 12.1. The fraction of sp³-hybridized carbons (Fsp3) is 0.652. The molecule has 0 spiro atoms. The van der Waals surface area contributed by atoms with Crippen LogP contribution in [0, 0.1) is 18.8 Å². The van der Waals surface area contributed by atoms with Gasteiger partial charge in [-0.15, -0.1) is 11.3 Å². The van der Waals surface area contributed by atoms with Crippen molar-refractivity contribution in [2.24, 2.45) is 11.8 Å². The van der Waals surface area contributed by atoms with Crippen molar-refractivity contribution in [3.8, 4) is 0 Å². The molecule has 0 aliphatic carbocycles. The van der Waals surface area contributed by atoms with Crippen LogP contribution in [0.15, 0.2) is 16.0 Å². The molecule has 35 heavy (non-hydrogen) atoms. The minimum Gasteiger partial charge on any atom is -0.466 e. The molecule has 1 amide bonds. The van der Waals surface area contributed by atoms with E-state index in [1.54, 1.807) is 18.7 Å². The third kappa shape index (κ3) is 5.14. The van der Waals surface area contributed by atoms with Crippen LogP contribution in [-0.4, -0.2) is 71.8 Å². The van der Waals surface area contributed by atoms with Crippen LogP contribution < -0.4 is 5.56 Å². The minimum atomic E-state index is -3.87. The largest absolute Gasteiger partial charge is 0.466 e. The molecule has 10 nitrogen and oxygen atoms in total. The molecule has 2 aliphatic heterocycles. The van der Waals surface area contributed by atoms with E-state index >= 15 is 0 Å². The van der Waals surface area contributed by atoms with Crippen LogP contribution in [0.1, 0.15) is 44.4 Å². The summed E-state index contributed by atoms with van der Waals surface area (Å²) in [7, 11) is -3.87. The second-order valence-corrected chi connectivity index (χ2v) is 12.4. The van der Waals surface area contributed by atoms with E-state index in [9.17, 15) is 22.8 Å². The van der Waals surface area contributed by atoms with E-state index in [4.69, 9.17) is 4.74 Å². The summed E-state index contributed by atoms with van der Waals surface area (Å²) in [6.45, 7) is 7.12. The number of carbonyl (C=O) groups is 2. The number of thiophene rings is 1. The van der Waals surface area contributed by atoms with Gasteiger partial charge in [-0.05, 0) is 45.4 Å². The van der Waals surface area contributed by atoms with Gasteiger partial charge >= 0.3 is 5.97 Å². The van der Waals surface area contributed by atoms with Crippen LogP contribution in [0.3, 0.4) is 0 Å². The molecule has 2 fully saturated rings. The lowest BCUT2D eigenvalue weighted by Gasteiger charge is -2.31. The van der Waals surface area contributed by atoms with Crippen molar-refractivity contribution in [1.29, 1.82) is 0 Å². The van der Waals surface area contributed by atoms with Gasteiger partial charge in [0.15, 0.2) is 0 Å². The lowest BCUT2D eigenvalue weighted by atomic mass is 9.98. The van der Waals surface area contributed by atoms with Gasteiger partial charge in [-0.1, -0.05) is 6.92 Å². The molecule has 0 unspecified atom stereocenters. The molecular weight excluding hydrogens is 492 g/mol. The third-order valence-corrected chi connectivity index (χ3v) is 10.1.